The summed E-state index contributed by atoms with van der Waals surface area (Å²) < 4.78 is 26.7. The van der Waals surface area contributed by atoms with Crippen molar-refractivity contribution in [3.63, 3.8) is 0 Å². The van der Waals surface area contributed by atoms with Crippen LogP contribution in [0.25, 0.3) is 0 Å². The van der Waals surface area contributed by atoms with Crippen LogP contribution in [-0.4, -0.2) is 25.8 Å². The van der Waals surface area contributed by atoms with E-state index in [1.54, 1.807) is 16.4 Å². The summed E-state index contributed by atoms with van der Waals surface area (Å²) in [6, 6.07) is 3.44. The second-order valence-corrected chi connectivity index (χ2v) is 8.71. The lowest BCUT2D eigenvalue weighted by atomic mass is 9.93. The van der Waals surface area contributed by atoms with Crippen LogP contribution in [0, 0.1) is 5.41 Å². The summed E-state index contributed by atoms with van der Waals surface area (Å²) in [5.41, 5.74) is 0.0830. The van der Waals surface area contributed by atoms with Gasteiger partial charge in [-0.3, -0.25) is 0 Å². The number of alkyl halides is 1. The molecule has 1 saturated heterocycles. The van der Waals surface area contributed by atoms with Gasteiger partial charge >= 0.3 is 0 Å². The van der Waals surface area contributed by atoms with Gasteiger partial charge in [-0.05, 0) is 24.0 Å². The van der Waals surface area contributed by atoms with Crippen LogP contribution in [0.4, 0.5) is 0 Å². The fourth-order valence-electron chi connectivity index (χ4n) is 1.96. The van der Waals surface area contributed by atoms with Crippen molar-refractivity contribution in [1.29, 1.82) is 0 Å². The zero-order chi connectivity index (χ0) is 12.7. The molecule has 3 nitrogen and oxygen atoms in total. The Balaban J connectivity index is 2.25. The Hall–Kier alpha value is -0.100. The van der Waals surface area contributed by atoms with Gasteiger partial charge in [0.2, 0.25) is 0 Å². The van der Waals surface area contributed by atoms with Gasteiger partial charge in [-0.25, -0.2) is 8.42 Å². The summed E-state index contributed by atoms with van der Waals surface area (Å²) in [7, 11) is -3.31. The van der Waals surface area contributed by atoms with Gasteiger partial charge < -0.3 is 0 Å². The molecule has 17 heavy (non-hydrogen) atoms. The molecule has 2 heterocycles. The third kappa shape index (κ3) is 2.67. The minimum Gasteiger partial charge on any atom is -0.206 e. The predicted molar refractivity (Wildman–Crippen MR) is 71.0 cm³/mol. The molecule has 0 bridgehead atoms. The van der Waals surface area contributed by atoms with Gasteiger partial charge in [0.1, 0.15) is 4.21 Å². The summed E-state index contributed by atoms with van der Waals surface area (Å²) in [6.45, 7) is 5.41. The molecule has 2 rings (SSSR count). The number of nitrogens with zero attached hydrogens (tertiary/aromatic N) is 1. The number of sulfonamides is 1. The van der Waals surface area contributed by atoms with Crippen LogP contribution in [0.1, 0.15) is 25.1 Å². The van der Waals surface area contributed by atoms with Gasteiger partial charge in [0.15, 0.2) is 0 Å². The third-order valence-corrected chi connectivity index (χ3v) is 6.85. The van der Waals surface area contributed by atoms with Crippen LogP contribution in [0.15, 0.2) is 16.3 Å². The van der Waals surface area contributed by atoms with Crippen LogP contribution in [0.5, 0.6) is 0 Å². The number of hydrogen-bond acceptors (Lipinski definition) is 3. The van der Waals surface area contributed by atoms with Crippen molar-refractivity contribution in [2.75, 3.05) is 13.1 Å². The maximum Gasteiger partial charge on any atom is 0.252 e. The van der Waals surface area contributed by atoms with Crippen molar-refractivity contribution in [3.05, 3.63) is 17.0 Å². The summed E-state index contributed by atoms with van der Waals surface area (Å²) >= 11 is 6.96. The molecule has 1 aromatic heterocycles. The molecule has 0 radical (unpaired) electrons. The molecule has 0 spiro atoms. The molecule has 1 aliphatic rings. The third-order valence-electron chi connectivity index (χ3n) is 3.01. The molecule has 1 aliphatic heterocycles. The molecule has 0 N–H and O–H groups in total. The molecule has 96 valence electrons. The largest absolute Gasteiger partial charge is 0.252 e. The van der Waals surface area contributed by atoms with Gasteiger partial charge in [-0.2, -0.15) is 4.31 Å². The molecule has 0 amide bonds. The zero-order valence-electron chi connectivity index (χ0n) is 9.94. The maximum atomic E-state index is 12.3. The lowest BCUT2D eigenvalue weighted by Crippen LogP contribution is -2.29. The monoisotopic (exact) mass is 293 g/mol. The quantitative estimate of drug-likeness (QED) is 0.804. The summed E-state index contributed by atoms with van der Waals surface area (Å²) in [5.74, 6) is 0.367. The fourth-order valence-corrected chi connectivity index (χ4v) is 5.21. The van der Waals surface area contributed by atoms with E-state index in [1.807, 2.05) is 0 Å². The summed E-state index contributed by atoms with van der Waals surface area (Å²) in [5, 5.41) is 0. The Morgan fingerprint density at radius 3 is 2.65 bits per heavy atom. The molecular weight excluding hydrogens is 278 g/mol. The summed E-state index contributed by atoms with van der Waals surface area (Å²) in [6.07, 6.45) is 0.917. The zero-order valence-corrected chi connectivity index (χ0v) is 12.3. The lowest BCUT2D eigenvalue weighted by molar-refractivity contribution is 0.376. The Bertz CT molecular complexity index is 507. The molecule has 0 saturated carbocycles. The van der Waals surface area contributed by atoms with Crippen LogP contribution in [0.3, 0.4) is 0 Å². The standard InChI is InChI=1S/C11H16ClNO2S2/c1-11(2)5-6-13(8-11)17(14,15)10-4-3-9(7-12)16-10/h3-4H,5-8H2,1-2H3. The van der Waals surface area contributed by atoms with E-state index in [0.717, 1.165) is 11.3 Å². The minimum absolute atomic E-state index is 0.0830. The van der Waals surface area contributed by atoms with Crippen LogP contribution in [-0.2, 0) is 15.9 Å². The molecule has 0 aromatic carbocycles. The Labute approximate surface area is 111 Å². The fraction of sp³-hybridized carbons (Fsp3) is 0.636. The van der Waals surface area contributed by atoms with Crippen molar-refractivity contribution in [2.24, 2.45) is 5.41 Å². The molecule has 1 fully saturated rings. The first kappa shape index (κ1) is 13.3. The highest BCUT2D eigenvalue weighted by Crippen LogP contribution is 2.34. The number of hydrogen-bond donors (Lipinski definition) is 0. The second-order valence-electron chi connectivity index (χ2n) is 5.11. The smallest absolute Gasteiger partial charge is 0.206 e. The first-order valence-electron chi connectivity index (χ1n) is 5.50. The maximum absolute atomic E-state index is 12.3. The van der Waals surface area contributed by atoms with Crippen molar-refractivity contribution < 1.29 is 8.42 Å². The normalized spacial score (nSPS) is 20.9. The van der Waals surface area contributed by atoms with E-state index in [2.05, 4.69) is 13.8 Å². The van der Waals surface area contributed by atoms with Gasteiger partial charge in [-0.1, -0.05) is 13.8 Å². The average Bonchev–Trinajstić information content (AvgIpc) is 2.84. The van der Waals surface area contributed by atoms with Gasteiger partial charge in [0.05, 0.1) is 5.88 Å². The molecule has 1 aromatic rings. The van der Waals surface area contributed by atoms with E-state index in [-0.39, 0.29) is 5.41 Å². The number of halogens is 1. The first-order chi connectivity index (χ1) is 7.85. The topological polar surface area (TPSA) is 37.4 Å². The van der Waals surface area contributed by atoms with Gasteiger partial charge in [0, 0.05) is 18.0 Å². The van der Waals surface area contributed by atoms with Gasteiger partial charge in [-0.15, -0.1) is 22.9 Å². The highest BCUT2D eigenvalue weighted by molar-refractivity contribution is 7.91. The van der Waals surface area contributed by atoms with E-state index in [4.69, 9.17) is 11.6 Å². The van der Waals surface area contributed by atoms with Crippen molar-refractivity contribution in [1.82, 2.24) is 4.31 Å². The van der Waals surface area contributed by atoms with Crippen molar-refractivity contribution in [3.8, 4) is 0 Å². The first-order valence-corrected chi connectivity index (χ1v) is 8.29. The molecule has 0 unspecified atom stereocenters. The second kappa shape index (κ2) is 4.53. The lowest BCUT2D eigenvalue weighted by Gasteiger charge is -2.18. The highest BCUT2D eigenvalue weighted by atomic mass is 35.5. The van der Waals surface area contributed by atoms with Crippen LogP contribution in [0.2, 0.25) is 0 Å². The molecule has 0 atom stereocenters. The van der Waals surface area contributed by atoms with Gasteiger partial charge in [0.25, 0.3) is 10.0 Å². The van der Waals surface area contributed by atoms with Crippen molar-refractivity contribution in [2.45, 2.75) is 30.4 Å². The average molecular weight is 294 g/mol. The number of rotatable bonds is 3. The SMILES string of the molecule is CC1(C)CCN(S(=O)(=O)c2ccc(CCl)s2)C1. The van der Waals surface area contributed by atoms with E-state index in [0.29, 0.717) is 23.2 Å². The molecular formula is C11H16ClNO2S2. The van der Waals surface area contributed by atoms with Crippen molar-refractivity contribution >= 4 is 33.0 Å². The Morgan fingerprint density at radius 2 is 2.18 bits per heavy atom. The Kier molecular flexibility index (Phi) is 3.56. The number of thiophene rings is 1. The summed E-state index contributed by atoms with van der Waals surface area (Å²) in [4.78, 5) is 0.892. The minimum atomic E-state index is -3.31. The van der Waals surface area contributed by atoms with E-state index in [1.165, 1.54) is 11.3 Å². The molecule has 0 aliphatic carbocycles. The predicted octanol–water partition coefficient (Wildman–Crippen LogP) is 2.91. The molecule has 6 heteroatoms. The van der Waals surface area contributed by atoms with E-state index < -0.39 is 10.0 Å². The highest BCUT2D eigenvalue weighted by Gasteiger charge is 2.37. The van der Waals surface area contributed by atoms with E-state index in [9.17, 15) is 8.42 Å². The van der Waals surface area contributed by atoms with E-state index >= 15 is 0 Å². The van der Waals surface area contributed by atoms with Crippen LogP contribution >= 0.6 is 22.9 Å². The Morgan fingerprint density at radius 1 is 1.47 bits per heavy atom. The van der Waals surface area contributed by atoms with Crippen LogP contribution < -0.4 is 0 Å².